The van der Waals surface area contributed by atoms with Crippen LogP contribution in [0.3, 0.4) is 0 Å². The van der Waals surface area contributed by atoms with E-state index in [1.165, 1.54) is 6.92 Å². The van der Waals surface area contributed by atoms with Gasteiger partial charge in [0, 0.05) is 43.7 Å². The van der Waals surface area contributed by atoms with Crippen LogP contribution in [0.1, 0.15) is 51.6 Å². The number of nitrogens with one attached hydrogen (secondary N) is 2. The second-order valence-corrected chi connectivity index (χ2v) is 5.46. The van der Waals surface area contributed by atoms with Gasteiger partial charge in [-0.1, -0.05) is 0 Å². The quantitative estimate of drug-likeness (QED) is 0.827. The number of carbonyl (C=O) groups is 2. The average Bonchev–Trinajstić information content (AvgIpc) is 2.75. The zero-order chi connectivity index (χ0) is 16.3. The van der Waals surface area contributed by atoms with E-state index in [0.717, 1.165) is 5.69 Å². The van der Waals surface area contributed by atoms with Crippen molar-refractivity contribution in [2.45, 2.75) is 40.2 Å². The third-order valence-electron chi connectivity index (χ3n) is 3.53. The van der Waals surface area contributed by atoms with E-state index in [4.69, 9.17) is 0 Å². The summed E-state index contributed by atoms with van der Waals surface area (Å²) in [5.41, 5.74) is 3.24. The summed E-state index contributed by atoms with van der Waals surface area (Å²) in [6.07, 6.45) is 5.52. The van der Waals surface area contributed by atoms with Crippen molar-refractivity contribution >= 4 is 11.7 Å². The Morgan fingerprint density at radius 2 is 2.05 bits per heavy atom. The van der Waals surface area contributed by atoms with Crippen molar-refractivity contribution in [1.82, 2.24) is 20.3 Å². The molecule has 6 nitrogen and oxygen atoms in total. The SMILES string of the molecule is CC(=O)c1[nH]c(C)c(C(=O)N[C@H](C)Cc2cnccn2)c1C. The highest BCUT2D eigenvalue weighted by molar-refractivity contribution is 6.02. The van der Waals surface area contributed by atoms with E-state index >= 15 is 0 Å². The van der Waals surface area contributed by atoms with Gasteiger partial charge < -0.3 is 10.3 Å². The van der Waals surface area contributed by atoms with Crippen LogP contribution < -0.4 is 5.32 Å². The van der Waals surface area contributed by atoms with Crippen LogP contribution in [0, 0.1) is 13.8 Å². The molecule has 0 aliphatic heterocycles. The van der Waals surface area contributed by atoms with E-state index in [1.807, 2.05) is 6.92 Å². The van der Waals surface area contributed by atoms with Crippen LogP contribution in [-0.4, -0.2) is 32.7 Å². The Morgan fingerprint density at radius 3 is 2.59 bits per heavy atom. The van der Waals surface area contributed by atoms with Crippen LogP contribution in [0.15, 0.2) is 18.6 Å². The van der Waals surface area contributed by atoms with Gasteiger partial charge in [-0.15, -0.1) is 0 Å². The summed E-state index contributed by atoms with van der Waals surface area (Å²) >= 11 is 0. The van der Waals surface area contributed by atoms with Crippen LogP contribution in [0.4, 0.5) is 0 Å². The summed E-state index contributed by atoms with van der Waals surface area (Å²) in [7, 11) is 0. The maximum absolute atomic E-state index is 12.4. The molecule has 0 unspecified atom stereocenters. The Bertz CT molecular complexity index is 692. The van der Waals surface area contributed by atoms with Gasteiger partial charge in [0.15, 0.2) is 5.78 Å². The number of H-pyrrole nitrogens is 1. The maximum atomic E-state index is 12.4. The molecule has 2 heterocycles. The fourth-order valence-corrected chi connectivity index (χ4v) is 2.54. The second-order valence-electron chi connectivity index (χ2n) is 5.46. The minimum Gasteiger partial charge on any atom is -0.355 e. The molecular weight excluding hydrogens is 280 g/mol. The predicted molar refractivity (Wildman–Crippen MR) is 82.9 cm³/mol. The topological polar surface area (TPSA) is 87.7 Å². The van der Waals surface area contributed by atoms with E-state index in [1.54, 1.807) is 32.4 Å². The molecule has 0 saturated carbocycles. The lowest BCUT2D eigenvalue weighted by Crippen LogP contribution is -2.34. The first-order valence-corrected chi connectivity index (χ1v) is 7.16. The van der Waals surface area contributed by atoms with E-state index in [9.17, 15) is 9.59 Å². The zero-order valence-electron chi connectivity index (χ0n) is 13.2. The van der Waals surface area contributed by atoms with Gasteiger partial charge in [0.05, 0.1) is 17.0 Å². The number of rotatable bonds is 5. The standard InChI is InChI=1S/C16H20N4O2/c1-9(7-13-8-17-5-6-18-13)19-16(22)14-10(2)15(12(4)21)20-11(14)3/h5-6,8-9,20H,7H2,1-4H3,(H,19,22)/t9-/m1/s1. The summed E-state index contributed by atoms with van der Waals surface area (Å²) < 4.78 is 0. The molecule has 2 aromatic heterocycles. The number of ketones is 1. The number of carbonyl (C=O) groups excluding carboxylic acids is 2. The lowest BCUT2D eigenvalue weighted by atomic mass is 10.1. The first-order chi connectivity index (χ1) is 10.4. The number of nitrogens with zero attached hydrogens (tertiary/aromatic N) is 2. The Balaban J connectivity index is 2.11. The number of Topliss-reactive ketones (excluding diaryl/α,β-unsaturated/α-hetero) is 1. The van der Waals surface area contributed by atoms with Crippen molar-refractivity contribution in [3.05, 3.63) is 46.8 Å². The smallest absolute Gasteiger partial charge is 0.253 e. The molecule has 116 valence electrons. The van der Waals surface area contributed by atoms with Crippen molar-refractivity contribution in [1.29, 1.82) is 0 Å². The van der Waals surface area contributed by atoms with Crippen LogP contribution in [0.5, 0.6) is 0 Å². The van der Waals surface area contributed by atoms with Crippen molar-refractivity contribution in [3.63, 3.8) is 0 Å². The Labute approximate surface area is 129 Å². The molecule has 0 aromatic carbocycles. The molecule has 0 bridgehead atoms. The lowest BCUT2D eigenvalue weighted by Gasteiger charge is -2.13. The first kappa shape index (κ1) is 15.9. The van der Waals surface area contributed by atoms with Gasteiger partial charge in [0.25, 0.3) is 5.91 Å². The molecule has 6 heteroatoms. The zero-order valence-corrected chi connectivity index (χ0v) is 13.2. The van der Waals surface area contributed by atoms with Gasteiger partial charge in [0.1, 0.15) is 0 Å². The van der Waals surface area contributed by atoms with Crippen LogP contribution in [0.25, 0.3) is 0 Å². The van der Waals surface area contributed by atoms with E-state index < -0.39 is 0 Å². The second kappa shape index (κ2) is 6.51. The monoisotopic (exact) mass is 300 g/mol. The third-order valence-corrected chi connectivity index (χ3v) is 3.53. The molecular formula is C16H20N4O2. The number of aromatic amines is 1. The largest absolute Gasteiger partial charge is 0.355 e. The molecule has 0 saturated heterocycles. The summed E-state index contributed by atoms with van der Waals surface area (Å²) in [4.78, 5) is 35.2. The van der Waals surface area contributed by atoms with Gasteiger partial charge in [-0.25, -0.2) is 0 Å². The van der Waals surface area contributed by atoms with Gasteiger partial charge in [-0.3, -0.25) is 19.6 Å². The summed E-state index contributed by atoms with van der Waals surface area (Å²) in [6, 6.07) is -0.0846. The number of aryl methyl sites for hydroxylation is 1. The minimum atomic E-state index is -0.185. The molecule has 2 N–H and O–H groups in total. The first-order valence-electron chi connectivity index (χ1n) is 7.16. The maximum Gasteiger partial charge on any atom is 0.253 e. The molecule has 0 fully saturated rings. The van der Waals surface area contributed by atoms with Crippen LogP contribution >= 0.6 is 0 Å². The van der Waals surface area contributed by atoms with Crippen LogP contribution in [-0.2, 0) is 6.42 Å². The van der Waals surface area contributed by atoms with Crippen molar-refractivity contribution in [3.8, 4) is 0 Å². The van der Waals surface area contributed by atoms with Crippen molar-refractivity contribution in [2.75, 3.05) is 0 Å². The number of hydrogen-bond donors (Lipinski definition) is 2. The summed E-state index contributed by atoms with van der Waals surface area (Å²) in [5.74, 6) is -0.262. The highest BCUT2D eigenvalue weighted by atomic mass is 16.2. The average molecular weight is 300 g/mol. The Kier molecular flexibility index (Phi) is 4.70. The van der Waals surface area contributed by atoms with Gasteiger partial charge in [-0.05, 0) is 26.3 Å². The fourth-order valence-electron chi connectivity index (χ4n) is 2.54. The molecule has 0 aliphatic rings. The molecule has 1 atom stereocenters. The third kappa shape index (κ3) is 3.39. The number of aromatic nitrogens is 3. The van der Waals surface area contributed by atoms with Crippen LogP contribution in [0.2, 0.25) is 0 Å². The van der Waals surface area contributed by atoms with Gasteiger partial charge in [-0.2, -0.15) is 0 Å². The molecule has 1 amide bonds. The van der Waals surface area contributed by atoms with Gasteiger partial charge >= 0.3 is 0 Å². The highest BCUT2D eigenvalue weighted by Crippen LogP contribution is 2.18. The Hall–Kier alpha value is -2.50. The van der Waals surface area contributed by atoms with E-state index in [2.05, 4.69) is 20.3 Å². The predicted octanol–water partition coefficient (Wildman–Crippen LogP) is 1.99. The lowest BCUT2D eigenvalue weighted by molar-refractivity contribution is 0.0938. The molecule has 2 rings (SSSR count). The molecule has 0 aliphatic carbocycles. The number of amides is 1. The van der Waals surface area contributed by atoms with Gasteiger partial charge in [0.2, 0.25) is 0 Å². The molecule has 2 aromatic rings. The van der Waals surface area contributed by atoms with Crippen molar-refractivity contribution in [2.24, 2.45) is 0 Å². The molecule has 0 radical (unpaired) electrons. The van der Waals surface area contributed by atoms with E-state index in [-0.39, 0.29) is 17.7 Å². The normalized spacial score (nSPS) is 12.0. The molecule has 22 heavy (non-hydrogen) atoms. The summed E-state index contributed by atoms with van der Waals surface area (Å²) in [6.45, 7) is 6.97. The Morgan fingerprint density at radius 1 is 1.32 bits per heavy atom. The molecule has 0 spiro atoms. The van der Waals surface area contributed by atoms with Crippen molar-refractivity contribution < 1.29 is 9.59 Å². The number of hydrogen-bond acceptors (Lipinski definition) is 4. The fraction of sp³-hybridized carbons (Fsp3) is 0.375. The highest BCUT2D eigenvalue weighted by Gasteiger charge is 2.21. The van der Waals surface area contributed by atoms with E-state index in [0.29, 0.717) is 28.9 Å². The minimum absolute atomic E-state index is 0.0766. The summed E-state index contributed by atoms with van der Waals surface area (Å²) in [5, 5.41) is 2.94.